The number of hydrogen-bond donors (Lipinski definition) is 1. The Hall–Kier alpha value is -1.63. The van der Waals surface area contributed by atoms with Gasteiger partial charge < -0.3 is 10.1 Å². The molecule has 6 nitrogen and oxygen atoms in total. The molecule has 114 valence electrons. The maximum Gasteiger partial charge on any atom is 0.311 e. The van der Waals surface area contributed by atoms with Crippen LogP contribution in [-0.4, -0.2) is 28.3 Å². The Labute approximate surface area is 131 Å². The van der Waals surface area contributed by atoms with Gasteiger partial charge in [-0.15, -0.1) is 0 Å². The molecular weight excluding hydrogens is 340 g/mol. The Balaban J connectivity index is 2.27. The van der Waals surface area contributed by atoms with Crippen molar-refractivity contribution in [2.75, 3.05) is 6.61 Å². The van der Waals surface area contributed by atoms with E-state index in [0.717, 1.165) is 19.3 Å². The summed E-state index contributed by atoms with van der Waals surface area (Å²) in [4.78, 5) is 23.1. The van der Waals surface area contributed by atoms with E-state index < -0.39 is 4.92 Å². The number of rotatable bonds is 5. The number of benzene rings is 1. The van der Waals surface area contributed by atoms with Crippen molar-refractivity contribution < 1.29 is 14.5 Å². The van der Waals surface area contributed by atoms with E-state index in [1.165, 1.54) is 12.1 Å². The molecule has 1 saturated carbocycles. The van der Waals surface area contributed by atoms with E-state index in [-0.39, 0.29) is 40.4 Å². The van der Waals surface area contributed by atoms with Gasteiger partial charge in [0, 0.05) is 16.9 Å². The molecule has 1 amide bonds. The minimum absolute atomic E-state index is 0.0339. The van der Waals surface area contributed by atoms with Gasteiger partial charge in [0.2, 0.25) is 5.75 Å². The van der Waals surface area contributed by atoms with Crippen molar-refractivity contribution in [2.45, 2.75) is 37.1 Å². The normalized spacial score (nSPS) is 21.0. The average Bonchev–Trinajstić information content (AvgIpc) is 2.84. The quantitative estimate of drug-likeness (QED) is 0.499. The van der Waals surface area contributed by atoms with Gasteiger partial charge in [-0.25, -0.2) is 0 Å². The molecule has 21 heavy (non-hydrogen) atoms. The fourth-order valence-corrected chi connectivity index (χ4v) is 3.19. The van der Waals surface area contributed by atoms with Gasteiger partial charge in [0.25, 0.3) is 5.91 Å². The van der Waals surface area contributed by atoms with Crippen LogP contribution in [0.4, 0.5) is 5.69 Å². The average molecular weight is 357 g/mol. The van der Waals surface area contributed by atoms with E-state index in [2.05, 4.69) is 21.2 Å². The van der Waals surface area contributed by atoms with Crippen LogP contribution >= 0.6 is 15.9 Å². The third-order valence-electron chi connectivity index (χ3n) is 3.47. The van der Waals surface area contributed by atoms with Gasteiger partial charge in [0.1, 0.15) is 0 Å². The van der Waals surface area contributed by atoms with Gasteiger partial charge in [-0.2, -0.15) is 0 Å². The first-order valence-electron chi connectivity index (χ1n) is 6.89. The summed E-state index contributed by atoms with van der Waals surface area (Å²) < 4.78 is 5.33. The second-order valence-electron chi connectivity index (χ2n) is 4.87. The van der Waals surface area contributed by atoms with Crippen molar-refractivity contribution in [3.63, 3.8) is 0 Å². The van der Waals surface area contributed by atoms with E-state index in [1.54, 1.807) is 13.0 Å². The number of alkyl halides is 1. The molecule has 1 N–H and O–H groups in total. The number of halogens is 1. The van der Waals surface area contributed by atoms with E-state index >= 15 is 0 Å². The van der Waals surface area contributed by atoms with Crippen LogP contribution in [0.1, 0.15) is 36.5 Å². The number of nitrogens with one attached hydrogen (secondary N) is 1. The Kier molecular flexibility index (Phi) is 5.17. The molecule has 0 bridgehead atoms. The number of carbonyl (C=O) groups is 1. The van der Waals surface area contributed by atoms with Gasteiger partial charge in [0.05, 0.1) is 17.1 Å². The second kappa shape index (κ2) is 6.89. The van der Waals surface area contributed by atoms with E-state index in [1.807, 2.05) is 0 Å². The number of nitro groups is 1. The molecular formula is C14H17BrN2O4. The summed E-state index contributed by atoms with van der Waals surface area (Å²) in [5.41, 5.74) is 0.0176. The molecule has 7 heteroatoms. The SMILES string of the molecule is CCOc1c(C(=O)NC2CCCC2Br)cccc1[N+](=O)[O-]. The Morgan fingerprint density at radius 2 is 2.29 bits per heavy atom. The van der Waals surface area contributed by atoms with Crippen molar-refractivity contribution in [1.29, 1.82) is 0 Å². The van der Waals surface area contributed by atoms with Crippen LogP contribution in [0.15, 0.2) is 18.2 Å². The molecule has 1 aliphatic rings. The monoisotopic (exact) mass is 356 g/mol. The van der Waals surface area contributed by atoms with Gasteiger partial charge in [0.15, 0.2) is 0 Å². The van der Waals surface area contributed by atoms with E-state index in [9.17, 15) is 14.9 Å². The molecule has 2 unspecified atom stereocenters. The summed E-state index contributed by atoms with van der Waals surface area (Å²) in [5, 5.41) is 14.0. The Morgan fingerprint density at radius 1 is 1.52 bits per heavy atom. The lowest BCUT2D eigenvalue weighted by atomic mass is 10.1. The third kappa shape index (κ3) is 3.53. The fraction of sp³-hybridized carbons (Fsp3) is 0.500. The number of nitro benzene ring substituents is 1. The topological polar surface area (TPSA) is 81.5 Å². The molecule has 0 saturated heterocycles. The van der Waals surface area contributed by atoms with Crippen LogP contribution in [0, 0.1) is 10.1 Å². The fourth-order valence-electron chi connectivity index (χ4n) is 2.47. The standard InChI is InChI=1S/C14H17BrN2O4/c1-2-21-13-9(5-3-8-12(13)17(19)20)14(18)16-11-7-4-6-10(11)15/h3,5,8,10-11H,2,4,6-7H2,1H3,(H,16,18). The minimum Gasteiger partial charge on any atom is -0.487 e. The van der Waals surface area contributed by atoms with Crippen molar-refractivity contribution in [1.82, 2.24) is 5.32 Å². The number of para-hydroxylation sites is 1. The van der Waals surface area contributed by atoms with Crippen molar-refractivity contribution >= 4 is 27.5 Å². The first-order valence-corrected chi connectivity index (χ1v) is 7.81. The van der Waals surface area contributed by atoms with Crippen molar-refractivity contribution in [3.8, 4) is 5.75 Å². The molecule has 0 spiro atoms. The van der Waals surface area contributed by atoms with Crippen LogP contribution in [-0.2, 0) is 0 Å². The van der Waals surface area contributed by atoms with Crippen molar-refractivity contribution in [2.24, 2.45) is 0 Å². The first-order chi connectivity index (χ1) is 10.0. The molecule has 0 heterocycles. The third-order valence-corrected chi connectivity index (χ3v) is 4.57. The van der Waals surface area contributed by atoms with Crippen LogP contribution in [0.5, 0.6) is 5.75 Å². The number of amides is 1. The molecule has 1 aliphatic carbocycles. The predicted molar refractivity (Wildman–Crippen MR) is 82.1 cm³/mol. The number of hydrogen-bond acceptors (Lipinski definition) is 4. The zero-order chi connectivity index (χ0) is 15.4. The molecule has 2 rings (SSSR count). The van der Waals surface area contributed by atoms with Crippen LogP contribution in [0.3, 0.4) is 0 Å². The van der Waals surface area contributed by atoms with E-state index in [0.29, 0.717) is 0 Å². The smallest absolute Gasteiger partial charge is 0.311 e. The maximum absolute atomic E-state index is 12.4. The highest BCUT2D eigenvalue weighted by Gasteiger charge is 2.29. The highest BCUT2D eigenvalue weighted by Crippen LogP contribution is 2.32. The van der Waals surface area contributed by atoms with Gasteiger partial charge in [-0.3, -0.25) is 14.9 Å². The Bertz CT molecular complexity index is 550. The zero-order valence-corrected chi connectivity index (χ0v) is 13.3. The van der Waals surface area contributed by atoms with Crippen LogP contribution in [0.25, 0.3) is 0 Å². The van der Waals surface area contributed by atoms with E-state index in [4.69, 9.17) is 4.74 Å². The summed E-state index contributed by atoms with van der Waals surface area (Å²) in [5.74, 6) is -0.301. The highest BCUT2D eigenvalue weighted by atomic mass is 79.9. The molecule has 1 fully saturated rings. The van der Waals surface area contributed by atoms with Crippen LogP contribution < -0.4 is 10.1 Å². The van der Waals surface area contributed by atoms with Crippen molar-refractivity contribution in [3.05, 3.63) is 33.9 Å². The molecule has 0 radical (unpaired) electrons. The number of nitrogens with zero attached hydrogens (tertiary/aromatic N) is 1. The minimum atomic E-state index is -0.537. The van der Waals surface area contributed by atoms with Crippen LogP contribution in [0.2, 0.25) is 0 Å². The second-order valence-corrected chi connectivity index (χ2v) is 6.05. The summed E-state index contributed by atoms with van der Waals surface area (Å²) >= 11 is 3.54. The lowest BCUT2D eigenvalue weighted by Crippen LogP contribution is -2.37. The summed E-state index contributed by atoms with van der Waals surface area (Å²) in [6.45, 7) is 1.99. The zero-order valence-electron chi connectivity index (χ0n) is 11.7. The summed E-state index contributed by atoms with van der Waals surface area (Å²) in [6.07, 6.45) is 2.97. The summed E-state index contributed by atoms with van der Waals surface area (Å²) in [6, 6.07) is 4.43. The number of ether oxygens (including phenoxy) is 1. The highest BCUT2D eigenvalue weighted by molar-refractivity contribution is 9.09. The van der Waals surface area contributed by atoms with Gasteiger partial charge >= 0.3 is 5.69 Å². The largest absolute Gasteiger partial charge is 0.487 e. The molecule has 2 atom stereocenters. The maximum atomic E-state index is 12.4. The molecule has 1 aromatic rings. The Morgan fingerprint density at radius 3 is 2.86 bits per heavy atom. The summed E-state index contributed by atoms with van der Waals surface area (Å²) in [7, 11) is 0. The first kappa shape index (κ1) is 15.8. The lowest BCUT2D eigenvalue weighted by molar-refractivity contribution is -0.385. The lowest BCUT2D eigenvalue weighted by Gasteiger charge is -2.17. The molecule has 0 aromatic heterocycles. The molecule has 1 aromatic carbocycles. The van der Waals surface area contributed by atoms with Gasteiger partial charge in [-0.05, 0) is 25.8 Å². The molecule has 0 aliphatic heterocycles. The predicted octanol–water partition coefficient (Wildman–Crippen LogP) is 3.04. The number of carbonyl (C=O) groups excluding carboxylic acids is 1. The van der Waals surface area contributed by atoms with Gasteiger partial charge in [-0.1, -0.05) is 28.4 Å².